The lowest BCUT2D eigenvalue weighted by atomic mass is 10.1. The molecule has 77 heavy (non-hydrogen) atoms. The van der Waals surface area contributed by atoms with Gasteiger partial charge >= 0.3 is 47.8 Å². The second kappa shape index (κ2) is 44.8. The first-order valence-corrected chi connectivity index (χ1v) is 24.4. The molecule has 0 aromatic carbocycles. The quantitative estimate of drug-likeness (QED) is 0.0672. The predicted molar refractivity (Wildman–Crippen MR) is 273 cm³/mol. The summed E-state index contributed by atoms with van der Waals surface area (Å²) in [6, 6.07) is 0. The smallest absolute Gasteiger partial charge is 0.331 e. The van der Waals surface area contributed by atoms with Crippen molar-refractivity contribution < 1.29 is 105 Å². The van der Waals surface area contributed by atoms with Crippen molar-refractivity contribution in [1.29, 1.82) is 0 Å². The first kappa shape index (κ1) is 73.8. The van der Waals surface area contributed by atoms with Crippen molar-refractivity contribution in [3.05, 3.63) is 48.6 Å². The number of nitrogens with zero attached hydrogens (tertiary/aromatic N) is 4. The van der Waals surface area contributed by atoms with Crippen LogP contribution in [0.2, 0.25) is 0 Å². The van der Waals surface area contributed by atoms with Crippen LogP contribution in [0.15, 0.2) is 48.6 Å². The number of likely N-dealkylation sites (tertiary alicyclic amines) is 1. The molecule has 0 unspecified atom stereocenters. The first-order chi connectivity index (χ1) is 36.4. The molecule has 26 nitrogen and oxygen atoms in total. The zero-order valence-corrected chi connectivity index (χ0v) is 46.9. The summed E-state index contributed by atoms with van der Waals surface area (Å²) in [7, 11) is 7.85. The maximum Gasteiger partial charge on any atom is 0.331 e. The van der Waals surface area contributed by atoms with Crippen LogP contribution in [-0.2, 0) is 105 Å². The number of carbonyl (C=O) groups is 12. The van der Waals surface area contributed by atoms with E-state index in [1.54, 1.807) is 14.7 Å². The maximum atomic E-state index is 12.2. The van der Waals surface area contributed by atoms with Crippen molar-refractivity contribution in [3.8, 4) is 0 Å². The summed E-state index contributed by atoms with van der Waals surface area (Å²) in [6.45, 7) is 18.4. The Morgan fingerprint density at radius 1 is 0.377 bits per heavy atom. The summed E-state index contributed by atoms with van der Waals surface area (Å²) < 4.78 is 46.8. The Hall–Kier alpha value is -7.48. The van der Waals surface area contributed by atoms with Crippen molar-refractivity contribution in [1.82, 2.24) is 19.6 Å². The zero-order chi connectivity index (χ0) is 59.5. The van der Waals surface area contributed by atoms with Gasteiger partial charge < -0.3 is 67.0 Å². The van der Waals surface area contributed by atoms with Gasteiger partial charge in [0.1, 0.15) is 0 Å². The lowest BCUT2D eigenvalue weighted by Crippen LogP contribution is -2.43. The highest BCUT2D eigenvalue weighted by Gasteiger charge is 2.26. The number of esters is 8. The third-order valence-corrected chi connectivity index (χ3v) is 10.0. The molecule has 0 bridgehead atoms. The van der Waals surface area contributed by atoms with Gasteiger partial charge in [-0.3, -0.25) is 19.2 Å². The average molecular weight is 1100 g/mol. The van der Waals surface area contributed by atoms with Crippen LogP contribution in [0.5, 0.6) is 0 Å². The number of likely N-dealkylation sites (N-methyl/N-ethyl adjacent to an activating group) is 2. The summed E-state index contributed by atoms with van der Waals surface area (Å²) >= 11 is 0. The second-order valence-electron chi connectivity index (χ2n) is 15.5. The van der Waals surface area contributed by atoms with Gasteiger partial charge in [-0.25, -0.2) is 38.4 Å². The summed E-state index contributed by atoms with van der Waals surface area (Å²) in [5.74, 6) is -6.78. The topological polar surface area (TPSA) is 310 Å². The van der Waals surface area contributed by atoms with Gasteiger partial charge in [-0.2, -0.15) is 0 Å². The molecule has 1 aliphatic heterocycles. The SMILES string of the molecule is CCN(CC)C(=O)[C@@H](C)OC(=O)/C=C/C(=O)OC.CCN(CC)C(=O)[C@H](C)OC(=O)/C=C/C(=O)OC.COC(=O)/C=C/C(=O)O[C@@H](C)C(=O)N1CCCCC1.COCCN(CCOC)C(=O)[C@H](C)OC(=O)/C=C/C(=O)OC. The molecule has 0 N–H and O–H groups in total. The van der Waals surface area contributed by atoms with E-state index in [1.165, 1.54) is 75.3 Å². The zero-order valence-electron chi connectivity index (χ0n) is 46.9. The van der Waals surface area contributed by atoms with Crippen LogP contribution in [0, 0.1) is 0 Å². The summed E-state index contributed by atoms with van der Waals surface area (Å²) in [4.78, 5) is 143. The summed E-state index contributed by atoms with van der Waals surface area (Å²) in [5, 5.41) is 0. The standard InChI is InChI=1S/C14H23NO7.C13H19NO5.2C12H19NO5/c1-11(22-13(17)6-5-12(16)21-4)14(18)15(7-9-19-2)8-10-20-3;1-10(13(17)14-8-4-3-5-9-14)19-12(16)7-6-11(15)18-2;2*1-5-13(6-2)12(16)9(3)18-11(15)8-7-10(14)17-4/h5-6,11H,7-10H2,1-4H3;6-7,10H,3-5,8-9H2,1-2H3;2*7-9H,5-6H2,1-4H3/b6-5+;7-6+;2*8-7+/t11-;10-;2*9-/m0010/s1. The Labute approximate surface area is 450 Å². The van der Waals surface area contributed by atoms with Gasteiger partial charge in [0, 0.05) is 115 Å². The van der Waals surface area contributed by atoms with Crippen molar-refractivity contribution in [2.45, 2.75) is 99.1 Å². The van der Waals surface area contributed by atoms with Gasteiger partial charge in [-0.05, 0) is 74.7 Å². The summed E-state index contributed by atoms with van der Waals surface area (Å²) in [5.41, 5.74) is 0. The fourth-order valence-electron chi connectivity index (χ4n) is 5.82. The Bertz CT molecular complexity index is 1910. The molecular formula is C51H80N4O22. The van der Waals surface area contributed by atoms with Gasteiger partial charge in [-0.1, -0.05) is 0 Å². The number of rotatable bonds is 26. The molecule has 1 aliphatic rings. The minimum Gasteiger partial charge on any atom is -0.466 e. The van der Waals surface area contributed by atoms with Crippen molar-refractivity contribution in [2.75, 3.05) is 108 Å². The maximum absolute atomic E-state index is 12.2. The molecule has 1 fully saturated rings. The van der Waals surface area contributed by atoms with E-state index in [9.17, 15) is 57.5 Å². The van der Waals surface area contributed by atoms with E-state index in [2.05, 4.69) is 18.9 Å². The van der Waals surface area contributed by atoms with Crippen LogP contribution >= 0.6 is 0 Å². The third-order valence-electron chi connectivity index (χ3n) is 10.0. The molecule has 0 aromatic rings. The van der Waals surface area contributed by atoms with Crippen LogP contribution < -0.4 is 0 Å². The van der Waals surface area contributed by atoms with Gasteiger partial charge in [0.25, 0.3) is 23.6 Å². The second-order valence-corrected chi connectivity index (χ2v) is 15.5. The van der Waals surface area contributed by atoms with Crippen molar-refractivity contribution >= 4 is 71.4 Å². The Balaban J connectivity index is -0.000000951. The number of hydrogen-bond acceptors (Lipinski definition) is 22. The highest BCUT2D eigenvalue weighted by atomic mass is 16.6. The predicted octanol–water partition coefficient (Wildman–Crippen LogP) is 1.46. The number of carbonyl (C=O) groups excluding carboxylic acids is 12. The largest absolute Gasteiger partial charge is 0.466 e. The van der Waals surface area contributed by atoms with Crippen LogP contribution in [0.4, 0.5) is 0 Å². The molecule has 0 spiro atoms. The number of ether oxygens (including phenoxy) is 10. The minimum absolute atomic E-state index is 0.195. The molecule has 0 aromatic heterocycles. The molecule has 1 rings (SSSR count). The van der Waals surface area contributed by atoms with Crippen LogP contribution in [-0.4, -0.2) is 224 Å². The van der Waals surface area contributed by atoms with Gasteiger partial charge in [-0.15, -0.1) is 0 Å². The lowest BCUT2D eigenvalue weighted by Gasteiger charge is -2.28. The normalized spacial score (nSPS) is 13.2. The summed E-state index contributed by atoms with van der Waals surface area (Å²) in [6.07, 6.45) is 6.99. The van der Waals surface area contributed by atoms with Gasteiger partial charge in [0.05, 0.1) is 41.7 Å². The number of amides is 4. The molecule has 1 heterocycles. The lowest BCUT2D eigenvalue weighted by molar-refractivity contribution is -0.156. The number of hydrogen-bond donors (Lipinski definition) is 0. The van der Waals surface area contributed by atoms with E-state index in [0.717, 1.165) is 67.9 Å². The Kier molecular flexibility index (Phi) is 42.9. The molecule has 4 amide bonds. The molecule has 4 atom stereocenters. The van der Waals surface area contributed by atoms with Gasteiger partial charge in [0.2, 0.25) is 0 Å². The monoisotopic (exact) mass is 1100 g/mol. The van der Waals surface area contributed by atoms with Crippen molar-refractivity contribution in [2.24, 2.45) is 0 Å². The van der Waals surface area contributed by atoms with Crippen LogP contribution in [0.25, 0.3) is 0 Å². The molecule has 26 heteroatoms. The van der Waals surface area contributed by atoms with Crippen LogP contribution in [0.3, 0.4) is 0 Å². The highest BCUT2D eigenvalue weighted by molar-refractivity contribution is 5.95. The van der Waals surface area contributed by atoms with Gasteiger partial charge in [0.15, 0.2) is 24.4 Å². The fourth-order valence-corrected chi connectivity index (χ4v) is 5.82. The fraction of sp³-hybridized carbons (Fsp3) is 0.608. The van der Waals surface area contributed by atoms with E-state index in [4.69, 9.17) is 28.4 Å². The molecular weight excluding hydrogens is 1020 g/mol. The minimum atomic E-state index is -0.983. The average Bonchev–Trinajstić information content (AvgIpc) is 3.43. The highest BCUT2D eigenvalue weighted by Crippen LogP contribution is 2.11. The number of methoxy groups -OCH3 is 6. The third kappa shape index (κ3) is 35.4. The number of piperidine rings is 1. The van der Waals surface area contributed by atoms with Crippen molar-refractivity contribution in [3.63, 3.8) is 0 Å². The molecule has 0 aliphatic carbocycles. The Morgan fingerprint density at radius 3 is 0.870 bits per heavy atom. The van der Waals surface area contributed by atoms with E-state index in [-0.39, 0.29) is 23.6 Å². The first-order valence-electron chi connectivity index (χ1n) is 24.4. The molecule has 0 radical (unpaired) electrons. The van der Waals surface area contributed by atoms with Crippen LogP contribution in [0.1, 0.15) is 74.7 Å². The Morgan fingerprint density at radius 2 is 0.623 bits per heavy atom. The van der Waals surface area contributed by atoms with E-state index >= 15 is 0 Å². The van der Waals surface area contributed by atoms with E-state index in [1.807, 2.05) is 27.7 Å². The van der Waals surface area contributed by atoms with E-state index < -0.39 is 72.2 Å². The molecule has 436 valence electrons. The van der Waals surface area contributed by atoms with E-state index in [0.29, 0.717) is 65.6 Å². The molecule has 0 saturated carbocycles. The molecule has 1 saturated heterocycles.